The Morgan fingerprint density at radius 3 is 2.40 bits per heavy atom. The SMILES string of the molecule is CC(=CCCCCCCCCOc1ccc2ccccc2c1)C(=O)O. The van der Waals surface area contributed by atoms with E-state index in [0.29, 0.717) is 5.57 Å². The van der Waals surface area contributed by atoms with E-state index in [1.165, 1.54) is 30.0 Å². The average molecular weight is 340 g/mol. The van der Waals surface area contributed by atoms with Crippen molar-refractivity contribution in [3.05, 3.63) is 54.1 Å². The molecule has 0 aliphatic carbocycles. The average Bonchev–Trinajstić information content (AvgIpc) is 2.62. The first-order valence-corrected chi connectivity index (χ1v) is 9.18. The first kappa shape index (κ1) is 19.0. The number of rotatable bonds is 11. The van der Waals surface area contributed by atoms with Gasteiger partial charge in [-0.1, -0.05) is 62.1 Å². The van der Waals surface area contributed by atoms with Crippen molar-refractivity contribution in [1.29, 1.82) is 0 Å². The van der Waals surface area contributed by atoms with Crippen LogP contribution in [0.2, 0.25) is 0 Å². The van der Waals surface area contributed by atoms with Crippen LogP contribution in [0.1, 0.15) is 51.9 Å². The van der Waals surface area contributed by atoms with E-state index >= 15 is 0 Å². The molecule has 0 heterocycles. The summed E-state index contributed by atoms with van der Waals surface area (Å²) in [5.41, 5.74) is 0.450. The number of carboxylic acids is 1. The highest BCUT2D eigenvalue weighted by molar-refractivity contribution is 5.85. The van der Waals surface area contributed by atoms with Gasteiger partial charge in [0.15, 0.2) is 0 Å². The molecule has 0 saturated heterocycles. The van der Waals surface area contributed by atoms with Crippen molar-refractivity contribution in [3.8, 4) is 5.75 Å². The number of carboxylic acid groups (broad SMARTS) is 1. The number of fused-ring (bicyclic) bond motifs is 1. The third-order valence-corrected chi connectivity index (χ3v) is 4.38. The molecule has 2 aromatic rings. The highest BCUT2D eigenvalue weighted by Crippen LogP contribution is 2.20. The maximum atomic E-state index is 10.7. The molecule has 134 valence electrons. The van der Waals surface area contributed by atoms with E-state index in [2.05, 4.69) is 24.3 Å². The Balaban J connectivity index is 1.52. The van der Waals surface area contributed by atoms with Crippen molar-refractivity contribution in [2.75, 3.05) is 6.61 Å². The number of hydrogen-bond donors (Lipinski definition) is 1. The minimum Gasteiger partial charge on any atom is -0.494 e. The second-order valence-electron chi connectivity index (χ2n) is 6.46. The Hall–Kier alpha value is -2.29. The van der Waals surface area contributed by atoms with Gasteiger partial charge in [-0.25, -0.2) is 4.79 Å². The van der Waals surface area contributed by atoms with Crippen LogP contribution in [0.4, 0.5) is 0 Å². The molecule has 0 radical (unpaired) electrons. The molecule has 25 heavy (non-hydrogen) atoms. The predicted molar refractivity (Wildman–Crippen MR) is 103 cm³/mol. The molecule has 2 rings (SSSR count). The van der Waals surface area contributed by atoms with Crippen molar-refractivity contribution in [3.63, 3.8) is 0 Å². The summed E-state index contributed by atoms with van der Waals surface area (Å²) in [5.74, 6) is 0.130. The number of aliphatic carboxylic acids is 1. The Morgan fingerprint density at radius 1 is 0.960 bits per heavy atom. The van der Waals surface area contributed by atoms with Gasteiger partial charge < -0.3 is 9.84 Å². The standard InChI is InChI=1S/C22H28O3/c1-18(22(23)24)11-7-5-3-2-4-6-10-16-25-21-15-14-19-12-8-9-13-20(19)17-21/h8-9,11-15,17H,2-7,10,16H2,1H3,(H,23,24). The third-order valence-electron chi connectivity index (χ3n) is 4.38. The summed E-state index contributed by atoms with van der Waals surface area (Å²) in [6.07, 6.45) is 9.58. The van der Waals surface area contributed by atoms with Crippen LogP contribution in [-0.4, -0.2) is 17.7 Å². The molecule has 0 spiro atoms. The molecule has 0 atom stereocenters. The molecule has 2 aromatic carbocycles. The van der Waals surface area contributed by atoms with Gasteiger partial charge in [-0.15, -0.1) is 0 Å². The van der Waals surface area contributed by atoms with Crippen molar-refractivity contribution < 1.29 is 14.6 Å². The van der Waals surface area contributed by atoms with Gasteiger partial charge in [-0.2, -0.15) is 0 Å². The fourth-order valence-corrected chi connectivity index (χ4v) is 2.81. The molecule has 0 aromatic heterocycles. The van der Waals surface area contributed by atoms with E-state index in [0.717, 1.165) is 38.0 Å². The lowest BCUT2D eigenvalue weighted by Crippen LogP contribution is -1.97. The fraction of sp³-hybridized carbons (Fsp3) is 0.409. The fourth-order valence-electron chi connectivity index (χ4n) is 2.81. The first-order valence-electron chi connectivity index (χ1n) is 9.18. The molecule has 0 amide bonds. The lowest BCUT2D eigenvalue weighted by Gasteiger charge is -2.07. The Morgan fingerprint density at radius 2 is 1.64 bits per heavy atom. The molecule has 0 bridgehead atoms. The Labute approximate surface area is 150 Å². The number of benzene rings is 2. The summed E-state index contributed by atoms with van der Waals surface area (Å²) in [7, 11) is 0. The lowest BCUT2D eigenvalue weighted by atomic mass is 10.1. The van der Waals surface area contributed by atoms with Gasteiger partial charge in [-0.3, -0.25) is 0 Å². The summed E-state index contributed by atoms with van der Waals surface area (Å²) in [6.45, 7) is 2.41. The van der Waals surface area contributed by atoms with Crippen molar-refractivity contribution >= 4 is 16.7 Å². The number of allylic oxidation sites excluding steroid dienone is 1. The molecule has 0 unspecified atom stereocenters. The van der Waals surface area contributed by atoms with Crippen molar-refractivity contribution in [2.24, 2.45) is 0 Å². The quantitative estimate of drug-likeness (QED) is 0.404. The van der Waals surface area contributed by atoms with E-state index < -0.39 is 5.97 Å². The minimum absolute atomic E-state index is 0.450. The predicted octanol–water partition coefficient (Wildman–Crippen LogP) is 5.98. The van der Waals surface area contributed by atoms with Gasteiger partial charge in [0.25, 0.3) is 0 Å². The summed E-state index contributed by atoms with van der Waals surface area (Å²) in [5, 5.41) is 11.2. The van der Waals surface area contributed by atoms with E-state index in [4.69, 9.17) is 9.84 Å². The summed E-state index contributed by atoms with van der Waals surface area (Å²) < 4.78 is 5.84. The zero-order valence-electron chi connectivity index (χ0n) is 15.0. The maximum Gasteiger partial charge on any atom is 0.330 e. The molecular weight excluding hydrogens is 312 g/mol. The van der Waals surface area contributed by atoms with Crippen molar-refractivity contribution in [1.82, 2.24) is 0 Å². The molecule has 0 aliphatic rings. The van der Waals surface area contributed by atoms with Gasteiger partial charge in [-0.05, 0) is 49.1 Å². The normalized spacial score (nSPS) is 11.6. The van der Waals surface area contributed by atoms with E-state index in [9.17, 15) is 4.79 Å². The van der Waals surface area contributed by atoms with Gasteiger partial charge >= 0.3 is 5.97 Å². The largest absolute Gasteiger partial charge is 0.494 e. The topological polar surface area (TPSA) is 46.5 Å². The number of hydrogen-bond acceptors (Lipinski definition) is 2. The smallest absolute Gasteiger partial charge is 0.330 e. The molecule has 1 N–H and O–H groups in total. The Bertz CT molecular complexity index is 703. The van der Waals surface area contributed by atoms with E-state index in [1.807, 2.05) is 24.3 Å². The minimum atomic E-state index is -0.814. The lowest BCUT2D eigenvalue weighted by molar-refractivity contribution is -0.132. The van der Waals surface area contributed by atoms with Crippen molar-refractivity contribution in [2.45, 2.75) is 51.9 Å². The molecule has 3 nitrogen and oxygen atoms in total. The molecule has 0 aliphatic heterocycles. The van der Waals surface area contributed by atoms with Crippen LogP contribution in [0.5, 0.6) is 5.75 Å². The van der Waals surface area contributed by atoms with Crippen LogP contribution in [-0.2, 0) is 4.79 Å². The number of unbranched alkanes of at least 4 members (excludes halogenated alkanes) is 6. The third kappa shape index (κ3) is 7.00. The van der Waals surface area contributed by atoms with Crippen LogP contribution in [0, 0.1) is 0 Å². The first-order chi connectivity index (χ1) is 12.2. The summed E-state index contributed by atoms with van der Waals surface area (Å²) in [4.78, 5) is 10.7. The van der Waals surface area contributed by atoms with Gasteiger partial charge in [0.1, 0.15) is 5.75 Å². The van der Waals surface area contributed by atoms with Gasteiger partial charge in [0, 0.05) is 5.57 Å². The van der Waals surface area contributed by atoms with Crippen LogP contribution >= 0.6 is 0 Å². The second kappa shape index (κ2) is 10.5. The molecule has 3 heteroatoms. The highest BCUT2D eigenvalue weighted by atomic mass is 16.5. The zero-order valence-corrected chi connectivity index (χ0v) is 15.0. The van der Waals surface area contributed by atoms with Gasteiger partial charge in [0.2, 0.25) is 0 Å². The summed E-state index contributed by atoms with van der Waals surface area (Å²) in [6, 6.07) is 14.5. The number of ether oxygens (including phenoxy) is 1. The molecule has 0 saturated carbocycles. The van der Waals surface area contributed by atoms with Crippen LogP contribution < -0.4 is 4.74 Å². The monoisotopic (exact) mass is 340 g/mol. The Kier molecular flexibility index (Phi) is 8.03. The second-order valence-corrected chi connectivity index (χ2v) is 6.46. The van der Waals surface area contributed by atoms with Crippen LogP contribution in [0.25, 0.3) is 10.8 Å². The van der Waals surface area contributed by atoms with Gasteiger partial charge in [0.05, 0.1) is 6.61 Å². The highest BCUT2D eigenvalue weighted by Gasteiger charge is 1.99. The van der Waals surface area contributed by atoms with E-state index in [1.54, 1.807) is 6.92 Å². The van der Waals surface area contributed by atoms with Crippen LogP contribution in [0.3, 0.4) is 0 Å². The van der Waals surface area contributed by atoms with Crippen LogP contribution in [0.15, 0.2) is 54.1 Å². The molecule has 0 fully saturated rings. The molecular formula is C22H28O3. The maximum absolute atomic E-state index is 10.7. The number of carbonyl (C=O) groups is 1. The van der Waals surface area contributed by atoms with E-state index in [-0.39, 0.29) is 0 Å². The zero-order chi connectivity index (χ0) is 17.9. The summed E-state index contributed by atoms with van der Waals surface area (Å²) >= 11 is 0.